The molecule has 0 saturated carbocycles. The van der Waals surface area contributed by atoms with Crippen molar-refractivity contribution in [1.82, 2.24) is 0 Å². The Bertz CT molecular complexity index is 515. The Morgan fingerprint density at radius 3 is 2.75 bits per heavy atom. The minimum absolute atomic E-state index is 0.0711. The van der Waals surface area contributed by atoms with E-state index in [4.69, 9.17) is 4.74 Å². The van der Waals surface area contributed by atoms with Gasteiger partial charge in [0.05, 0.1) is 23.4 Å². The Labute approximate surface area is 95.3 Å². The normalized spacial score (nSPS) is 23.1. The van der Waals surface area contributed by atoms with Crippen LogP contribution in [0.25, 0.3) is 0 Å². The molecular weight excluding hydrogens is 224 g/mol. The largest absolute Gasteiger partial charge is 0.372 e. The van der Waals surface area contributed by atoms with Gasteiger partial charge in [0.25, 0.3) is 0 Å². The minimum atomic E-state index is -3.14. The van der Waals surface area contributed by atoms with Crippen molar-refractivity contribution in [2.75, 3.05) is 12.4 Å². The standard InChI is InChI=1S/C12H14O3S/c13-16(14,8-11-7-15-11)12-5-4-9-2-1-3-10(9)6-12/h4-6,11H,1-3,7-8H2. The SMILES string of the molecule is O=S(=O)(CC1CO1)c1ccc2c(c1)CCC2. The van der Waals surface area contributed by atoms with Gasteiger partial charge in [-0.1, -0.05) is 6.07 Å². The van der Waals surface area contributed by atoms with Crippen LogP contribution in [0, 0.1) is 0 Å². The van der Waals surface area contributed by atoms with Crippen molar-refractivity contribution in [3.05, 3.63) is 29.3 Å². The van der Waals surface area contributed by atoms with Crippen LogP contribution in [0.5, 0.6) is 0 Å². The molecule has 0 spiro atoms. The molecule has 1 aliphatic carbocycles. The molecule has 4 heteroatoms. The minimum Gasteiger partial charge on any atom is -0.372 e. The third-order valence-corrected chi connectivity index (χ3v) is 5.02. The highest BCUT2D eigenvalue weighted by Crippen LogP contribution is 2.26. The van der Waals surface area contributed by atoms with Crippen molar-refractivity contribution in [2.45, 2.75) is 30.3 Å². The van der Waals surface area contributed by atoms with E-state index >= 15 is 0 Å². The van der Waals surface area contributed by atoms with Gasteiger partial charge in [0.2, 0.25) is 0 Å². The summed E-state index contributed by atoms with van der Waals surface area (Å²) in [6.45, 7) is 0.587. The molecule has 0 aromatic heterocycles. The van der Waals surface area contributed by atoms with Crippen molar-refractivity contribution < 1.29 is 13.2 Å². The van der Waals surface area contributed by atoms with Gasteiger partial charge in [0.1, 0.15) is 0 Å². The van der Waals surface area contributed by atoms with E-state index in [-0.39, 0.29) is 11.9 Å². The maximum absolute atomic E-state index is 12.0. The average Bonchev–Trinajstić information content (AvgIpc) is 2.93. The van der Waals surface area contributed by atoms with Crippen LogP contribution in [0.4, 0.5) is 0 Å². The predicted molar refractivity (Wildman–Crippen MR) is 60.3 cm³/mol. The number of fused-ring (bicyclic) bond motifs is 1. The summed E-state index contributed by atoms with van der Waals surface area (Å²) in [5.74, 6) is 0.131. The molecule has 3 nitrogen and oxygen atoms in total. The fraction of sp³-hybridized carbons (Fsp3) is 0.500. The lowest BCUT2D eigenvalue weighted by atomic mass is 10.1. The van der Waals surface area contributed by atoms with Crippen LogP contribution in [0.15, 0.2) is 23.1 Å². The first-order chi connectivity index (χ1) is 7.65. The van der Waals surface area contributed by atoms with Crippen LogP contribution in [-0.4, -0.2) is 26.9 Å². The second-order valence-electron chi connectivity index (χ2n) is 4.52. The molecule has 16 heavy (non-hydrogen) atoms. The molecule has 1 unspecified atom stereocenters. The predicted octanol–water partition coefficient (Wildman–Crippen LogP) is 1.35. The molecule has 0 bridgehead atoms. The highest BCUT2D eigenvalue weighted by Gasteiger charge is 2.30. The second-order valence-corrected chi connectivity index (χ2v) is 6.56. The molecular formula is C12H14O3S. The van der Waals surface area contributed by atoms with E-state index in [1.54, 1.807) is 6.07 Å². The Kier molecular flexibility index (Phi) is 2.30. The average molecular weight is 238 g/mol. The van der Waals surface area contributed by atoms with Gasteiger partial charge >= 0.3 is 0 Å². The Balaban J connectivity index is 1.93. The molecule has 1 heterocycles. The van der Waals surface area contributed by atoms with Crippen LogP contribution in [0.3, 0.4) is 0 Å². The molecule has 86 valence electrons. The lowest BCUT2D eigenvalue weighted by Gasteiger charge is -2.05. The molecule has 1 aromatic carbocycles. The van der Waals surface area contributed by atoms with Crippen molar-refractivity contribution in [2.24, 2.45) is 0 Å². The zero-order valence-electron chi connectivity index (χ0n) is 8.98. The maximum atomic E-state index is 12.0. The van der Waals surface area contributed by atoms with Crippen LogP contribution in [0.2, 0.25) is 0 Å². The van der Waals surface area contributed by atoms with Gasteiger partial charge in [0.15, 0.2) is 9.84 Å². The highest BCUT2D eigenvalue weighted by molar-refractivity contribution is 7.91. The van der Waals surface area contributed by atoms with Gasteiger partial charge in [-0.05, 0) is 42.5 Å². The summed E-state index contributed by atoms with van der Waals surface area (Å²) in [4.78, 5) is 0.462. The van der Waals surface area contributed by atoms with Crippen molar-refractivity contribution in [1.29, 1.82) is 0 Å². The number of rotatable bonds is 3. The van der Waals surface area contributed by atoms with E-state index in [1.807, 2.05) is 12.1 Å². The quantitative estimate of drug-likeness (QED) is 0.747. The summed E-state index contributed by atoms with van der Waals surface area (Å²) in [7, 11) is -3.14. The number of epoxide rings is 1. The topological polar surface area (TPSA) is 46.7 Å². The molecule has 0 amide bonds. The third kappa shape index (κ3) is 1.87. The highest BCUT2D eigenvalue weighted by atomic mass is 32.2. The number of benzene rings is 1. The number of aryl methyl sites for hydroxylation is 2. The van der Waals surface area contributed by atoms with Crippen molar-refractivity contribution >= 4 is 9.84 Å². The fourth-order valence-corrected chi connectivity index (χ4v) is 3.72. The summed E-state index contributed by atoms with van der Waals surface area (Å²) >= 11 is 0. The van der Waals surface area contributed by atoms with E-state index in [1.165, 1.54) is 11.1 Å². The van der Waals surface area contributed by atoms with E-state index in [0.717, 1.165) is 19.3 Å². The van der Waals surface area contributed by atoms with Crippen LogP contribution in [0.1, 0.15) is 17.5 Å². The summed E-state index contributed by atoms with van der Waals surface area (Å²) in [5.41, 5.74) is 2.51. The third-order valence-electron chi connectivity index (χ3n) is 3.24. The van der Waals surface area contributed by atoms with Gasteiger partial charge in [-0.25, -0.2) is 8.42 Å². The monoisotopic (exact) mass is 238 g/mol. The smallest absolute Gasteiger partial charge is 0.181 e. The second kappa shape index (κ2) is 3.57. The zero-order valence-corrected chi connectivity index (χ0v) is 9.79. The molecule has 3 rings (SSSR count). The van der Waals surface area contributed by atoms with Gasteiger partial charge in [-0.2, -0.15) is 0 Å². The molecule has 1 atom stereocenters. The molecule has 0 N–H and O–H groups in total. The number of sulfone groups is 1. The number of hydrogen-bond acceptors (Lipinski definition) is 3. The van der Waals surface area contributed by atoms with Gasteiger partial charge in [-0.15, -0.1) is 0 Å². The molecule has 1 aromatic rings. The summed E-state index contributed by atoms with van der Waals surface area (Å²) in [6.07, 6.45) is 3.17. The first-order valence-corrected chi connectivity index (χ1v) is 7.26. The fourth-order valence-electron chi connectivity index (χ4n) is 2.25. The van der Waals surface area contributed by atoms with Gasteiger partial charge < -0.3 is 4.74 Å². The van der Waals surface area contributed by atoms with Crippen molar-refractivity contribution in [3.63, 3.8) is 0 Å². The Morgan fingerprint density at radius 2 is 2.00 bits per heavy atom. The molecule has 1 fully saturated rings. The number of hydrogen-bond donors (Lipinski definition) is 0. The molecule has 1 saturated heterocycles. The van der Waals surface area contributed by atoms with Crippen LogP contribution >= 0.6 is 0 Å². The Morgan fingerprint density at radius 1 is 1.25 bits per heavy atom. The summed E-state index contributed by atoms with van der Waals surface area (Å²) in [6, 6.07) is 5.55. The zero-order chi connectivity index (χ0) is 11.2. The van der Waals surface area contributed by atoms with Gasteiger partial charge in [0, 0.05) is 0 Å². The van der Waals surface area contributed by atoms with Crippen LogP contribution in [-0.2, 0) is 27.4 Å². The Hall–Kier alpha value is -0.870. The molecule has 2 aliphatic rings. The molecule has 1 aliphatic heterocycles. The summed E-state index contributed by atoms with van der Waals surface area (Å²) in [5, 5.41) is 0. The lowest BCUT2D eigenvalue weighted by Crippen LogP contribution is -2.12. The van der Waals surface area contributed by atoms with E-state index in [2.05, 4.69) is 0 Å². The van der Waals surface area contributed by atoms with E-state index < -0.39 is 9.84 Å². The van der Waals surface area contributed by atoms with E-state index in [0.29, 0.717) is 11.5 Å². The first-order valence-electron chi connectivity index (χ1n) is 5.61. The van der Waals surface area contributed by atoms with E-state index in [9.17, 15) is 8.42 Å². The first kappa shape index (κ1) is 10.3. The maximum Gasteiger partial charge on any atom is 0.181 e. The van der Waals surface area contributed by atoms with Gasteiger partial charge in [-0.3, -0.25) is 0 Å². The molecule has 0 radical (unpaired) electrons. The van der Waals surface area contributed by atoms with Crippen LogP contribution < -0.4 is 0 Å². The lowest BCUT2D eigenvalue weighted by molar-refractivity contribution is 0.422. The number of ether oxygens (including phenoxy) is 1. The summed E-state index contributed by atoms with van der Waals surface area (Å²) < 4.78 is 29.0. The van der Waals surface area contributed by atoms with Crippen molar-refractivity contribution in [3.8, 4) is 0 Å².